The fourth-order valence-electron chi connectivity index (χ4n) is 3.89. The first kappa shape index (κ1) is 22.0. The van der Waals surface area contributed by atoms with Crippen LogP contribution in [-0.2, 0) is 4.79 Å². The number of aromatic nitrogens is 4. The van der Waals surface area contributed by atoms with Crippen molar-refractivity contribution < 1.29 is 4.79 Å². The van der Waals surface area contributed by atoms with E-state index in [1.807, 2.05) is 55.2 Å². The molecular weight excluding hydrogens is 418 g/mol. The van der Waals surface area contributed by atoms with Crippen molar-refractivity contribution in [3.05, 3.63) is 70.6 Å². The van der Waals surface area contributed by atoms with E-state index in [9.17, 15) is 4.79 Å². The normalized spacial score (nSPS) is 12.8. The highest BCUT2D eigenvalue weighted by molar-refractivity contribution is 7.18. The van der Waals surface area contributed by atoms with Gasteiger partial charge in [0.25, 0.3) is 0 Å². The molecule has 0 fully saturated rings. The number of thiazole rings is 1. The first-order valence-electron chi connectivity index (χ1n) is 10.8. The largest absolute Gasteiger partial charge is 0.333 e. The van der Waals surface area contributed by atoms with Crippen molar-refractivity contribution in [2.24, 2.45) is 0 Å². The average Bonchev–Trinajstić information content (AvgIpc) is 3.48. The second-order valence-corrected chi connectivity index (χ2v) is 9.43. The van der Waals surface area contributed by atoms with Crippen molar-refractivity contribution in [3.63, 3.8) is 0 Å². The molecule has 0 N–H and O–H groups in total. The van der Waals surface area contributed by atoms with Gasteiger partial charge in [0.2, 0.25) is 5.91 Å². The van der Waals surface area contributed by atoms with Gasteiger partial charge in [0.15, 0.2) is 0 Å². The molecule has 4 rings (SSSR count). The molecule has 32 heavy (non-hydrogen) atoms. The van der Waals surface area contributed by atoms with Gasteiger partial charge in [-0.3, -0.25) is 4.79 Å². The monoisotopic (exact) mass is 447 g/mol. The van der Waals surface area contributed by atoms with Gasteiger partial charge < -0.3 is 9.47 Å². The molecule has 4 aromatic rings. The maximum atomic E-state index is 12.9. The molecule has 0 saturated heterocycles. The molecule has 1 amide bonds. The van der Waals surface area contributed by atoms with Crippen LogP contribution in [0.1, 0.15) is 54.8 Å². The molecule has 3 aromatic heterocycles. The number of carbonyl (C=O) groups excluding carboxylic acids is 1. The Morgan fingerprint density at radius 2 is 1.91 bits per heavy atom. The summed E-state index contributed by atoms with van der Waals surface area (Å²) in [6, 6.07) is 12.4. The van der Waals surface area contributed by atoms with E-state index in [-0.39, 0.29) is 18.0 Å². The minimum Gasteiger partial charge on any atom is -0.333 e. The number of benzene rings is 1. The Hall–Kier alpha value is -3.19. The third kappa shape index (κ3) is 4.00. The van der Waals surface area contributed by atoms with Gasteiger partial charge >= 0.3 is 0 Å². The van der Waals surface area contributed by atoms with E-state index in [0.29, 0.717) is 0 Å². The molecule has 1 aromatic carbocycles. The Balaban J connectivity index is 1.55. The van der Waals surface area contributed by atoms with Gasteiger partial charge in [-0.15, -0.1) is 11.3 Å². The van der Waals surface area contributed by atoms with Crippen LogP contribution < -0.4 is 0 Å². The number of hydrogen-bond donors (Lipinski definition) is 0. The van der Waals surface area contributed by atoms with Crippen molar-refractivity contribution in [1.29, 1.82) is 0 Å². The van der Waals surface area contributed by atoms with E-state index in [1.165, 1.54) is 0 Å². The van der Waals surface area contributed by atoms with Crippen molar-refractivity contribution in [2.75, 3.05) is 7.05 Å². The highest BCUT2D eigenvalue weighted by Crippen LogP contribution is 2.29. The topological polar surface area (TPSA) is 56.0 Å². The van der Waals surface area contributed by atoms with Crippen molar-refractivity contribution in [3.8, 4) is 5.82 Å². The zero-order valence-corrected chi connectivity index (χ0v) is 20.2. The van der Waals surface area contributed by atoms with Gasteiger partial charge in [-0.25, -0.2) is 9.67 Å². The number of para-hydroxylation sites is 1. The summed E-state index contributed by atoms with van der Waals surface area (Å²) in [5.74, 6) is 0.983. The lowest BCUT2D eigenvalue weighted by Crippen LogP contribution is -2.27. The number of hydrogen-bond acceptors (Lipinski definition) is 4. The van der Waals surface area contributed by atoms with Crippen molar-refractivity contribution >= 4 is 33.5 Å². The van der Waals surface area contributed by atoms with E-state index >= 15 is 0 Å². The van der Waals surface area contributed by atoms with Gasteiger partial charge in [-0.1, -0.05) is 12.1 Å². The molecular formula is C25H29N5OS. The molecule has 1 unspecified atom stereocenters. The molecule has 0 radical (unpaired) electrons. The minimum absolute atomic E-state index is 0.0474. The van der Waals surface area contributed by atoms with Crippen molar-refractivity contribution in [1.82, 2.24) is 24.2 Å². The average molecular weight is 448 g/mol. The maximum absolute atomic E-state index is 12.9. The SMILES string of the molecule is Cc1cc(/C=C/C(=O)N(C)C(C)c2nc3ccccc3s2)c(C)n1-c1ccnn1C(C)C. The maximum Gasteiger partial charge on any atom is 0.246 e. The van der Waals surface area contributed by atoms with Crippen LogP contribution in [0.25, 0.3) is 22.1 Å². The number of amides is 1. The quantitative estimate of drug-likeness (QED) is 0.356. The number of nitrogens with zero attached hydrogens (tertiary/aromatic N) is 5. The van der Waals surface area contributed by atoms with Gasteiger partial charge in [0.05, 0.1) is 22.5 Å². The molecule has 6 nitrogen and oxygen atoms in total. The summed E-state index contributed by atoms with van der Waals surface area (Å²) in [7, 11) is 1.83. The van der Waals surface area contributed by atoms with E-state index < -0.39 is 0 Å². The highest BCUT2D eigenvalue weighted by Gasteiger charge is 2.20. The Bertz CT molecular complexity index is 1260. The molecule has 0 spiro atoms. The summed E-state index contributed by atoms with van der Waals surface area (Å²) in [6.07, 6.45) is 5.38. The first-order valence-corrected chi connectivity index (χ1v) is 11.6. The van der Waals surface area contributed by atoms with Gasteiger partial charge in [0.1, 0.15) is 10.8 Å². The molecule has 166 valence electrons. The fraction of sp³-hybridized carbons (Fsp3) is 0.320. The molecule has 0 aliphatic heterocycles. The minimum atomic E-state index is -0.0997. The number of fused-ring (bicyclic) bond motifs is 1. The van der Waals surface area contributed by atoms with Crippen LogP contribution in [0.2, 0.25) is 0 Å². The van der Waals surface area contributed by atoms with Gasteiger partial charge in [-0.2, -0.15) is 5.10 Å². The molecule has 0 saturated carbocycles. The van der Waals surface area contributed by atoms with Crippen LogP contribution in [0.5, 0.6) is 0 Å². The lowest BCUT2D eigenvalue weighted by atomic mass is 10.2. The molecule has 1 atom stereocenters. The Labute approximate surface area is 192 Å². The summed E-state index contributed by atoms with van der Waals surface area (Å²) in [4.78, 5) is 19.4. The van der Waals surface area contributed by atoms with E-state index in [4.69, 9.17) is 4.98 Å². The third-order valence-electron chi connectivity index (χ3n) is 5.84. The molecule has 0 aliphatic carbocycles. The molecule has 3 heterocycles. The zero-order valence-electron chi connectivity index (χ0n) is 19.4. The number of carbonyl (C=O) groups is 1. The van der Waals surface area contributed by atoms with Crippen molar-refractivity contribution in [2.45, 2.75) is 46.7 Å². The lowest BCUT2D eigenvalue weighted by Gasteiger charge is -2.21. The highest BCUT2D eigenvalue weighted by atomic mass is 32.1. The van der Waals surface area contributed by atoms with Crippen LogP contribution in [0.15, 0.2) is 48.7 Å². The van der Waals surface area contributed by atoms with E-state index in [2.05, 4.69) is 49.5 Å². The van der Waals surface area contributed by atoms with Crippen LogP contribution in [0.3, 0.4) is 0 Å². The smallest absolute Gasteiger partial charge is 0.246 e. The fourth-order valence-corrected chi connectivity index (χ4v) is 4.96. The summed E-state index contributed by atoms with van der Waals surface area (Å²) in [5, 5.41) is 5.40. The summed E-state index contributed by atoms with van der Waals surface area (Å²) in [6.45, 7) is 10.4. The summed E-state index contributed by atoms with van der Waals surface area (Å²) < 4.78 is 5.33. The molecule has 0 bridgehead atoms. The summed E-state index contributed by atoms with van der Waals surface area (Å²) >= 11 is 1.63. The second kappa shape index (κ2) is 8.74. The summed E-state index contributed by atoms with van der Waals surface area (Å²) in [5.41, 5.74) is 4.18. The predicted molar refractivity (Wildman–Crippen MR) is 131 cm³/mol. The third-order valence-corrected chi connectivity index (χ3v) is 7.05. The zero-order chi connectivity index (χ0) is 23.0. The van der Waals surface area contributed by atoms with Crippen LogP contribution in [-0.4, -0.2) is 37.2 Å². The standard InChI is InChI=1S/C25H29N5OS/c1-16(2)30-23(13-14-26-30)29-17(3)15-20(18(29)4)11-12-24(31)28(6)19(5)25-27-21-9-7-8-10-22(21)32-25/h7-16,19H,1-6H3/b12-11+. The Morgan fingerprint density at radius 3 is 2.62 bits per heavy atom. The van der Waals surface area contributed by atoms with E-state index in [1.54, 1.807) is 22.3 Å². The van der Waals surface area contributed by atoms with Crippen LogP contribution in [0.4, 0.5) is 0 Å². The molecule has 7 heteroatoms. The van der Waals surface area contributed by atoms with Gasteiger partial charge in [-0.05, 0) is 64.5 Å². The first-order chi connectivity index (χ1) is 15.3. The Morgan fingerprint density at radius 1 is 1.16 bits per heavy atom. The molecule has 0 aliphatic rings. The second-order valence-electron chi connectivity index (χ2n) is 8.37. The van der Waals surface area contributed by atoms with Crippen LogP contribution >= 0.6 is 11.3 Å². The van der Waals surface area contributed by atoms with Gasteiger partial charge in [0, 0.05) is 36.6 Å². The number of aryl methyl sites for hydroxylation is 1. The lowest BCUT2D eigenvalue weighted by molar-refractivity contribution is -0.126. The number of likely N-dealkylation sites (N-methyl/N-ethyl adjacent to an activating group) is 1. The van der Waals surface area contributed by atoms with E-state index in [0.717, 1.165) is 38.0 Å². The number of rotatable bonds is 6. The Kier molecular flexibility index (Phi) is 6.02. The van der Waals surface area contributed by atoms with Crippen LogP contribution in [0, 0.1) is 13.8 Å². The predicted octanol–water partition coefficient (Wildman–Crippen LogP) is 5.71.